The lowest BCUT2D eigenvalue weighted by atomic mass is 9.57. The Balaban J connectivity index is 1.34. The Labute approximate surface area is 273 Å². The van der Waals surface area contributed by atoms with Crippen molar-refractivity contribution >= 4 is 47.2 Å². The summed E-state index contributed by atoms with van der Waals surface area (Å²) in [6, 6.07) is 16.4. The molecule has 2 aliphatic carbocycles. The molecule has 4 aliphatic rings. The molecule has 11 heteroatoms. The van der Waals surface area contributed by atoms with E-state index in [1.54, 1.807) is 66.8 Å². The highest BCUT2D eigenvalue weighted by Gasteiger charge is 2.62. The quantitative estimate of drug-likeness (QED) is 0.237. The second-order valence-corrected chi connectivity index (χ2v) is 12.4. The van der Waals surface area contributed by atoms with Gasteiger partial charge in [-0.15, -0.1) is 13.2 Å². The molecule has 3 aromatic rings. The fourth-order valence-electron chi connectivity index (χ4n) is 7.94. The smallest absolute Gasteiger partial charge is 0.508 e. The number of hydrogen-bond donors (Lipinski definition) is 1. The number of phenols is 1. The largest absolute Gasteiger partial charge is 0.573 e. The van der Waals surface area contributed by atoms with Gasteiger partial charge in [0, 0.05) is 11.5 Å². The molecule has 0 radical (unpaired) electrons. The molecular formula is C37H29F3N2O6. The molecule has 7 rings (SSSR count). The Bertz CT molecular complexity index is 1920. The summed E-state index contributed by atoms with van der Waals surface area (Å²) in [5.41, 5.74) is 2.72. The summed E-state index contributed by atoms with van der Waals surface area (Å²) >= 11 is 0. The van der Waals surface area contributed by atoms with Gasteiger partial charge in [0.2, 0.25) is 23.6 Å². The summed E-state index contributed by atoms with van der Waals surface area (Å²) < 4.78 is 44.0. The topological polar surface area (TPSA) is 104 Å². The minimum absolute atomic E-state index is 0.0419. The second-order valence-electron chi connectivity index (χ2n) is 12.4. The lowest BCUT2D eigenvalue weighted by molar-refractivity contribution is -0.274. The molecular weight excluding hydrogens is 625 g/mol. The van der Waals surface area contributed by atoms with Gasteiger partial charge in [0.15, 0.2) is 0 Å². The predicted molar refractivity (Wildman–Crippen MR) is 170 cm³/mol. The lowest BCUT2D eigenvalue weighted by Gasteiger charge is -2.44. The van der Waals surface area contributed by atoms with Crippen LogP contribution in [0.2, 0.25) is 0 Å². The molecule has 0 aromatic heterocycles. The zero-order chi connectivity index (χ0) is 34.1. The third-order valence-electron chi connectivity index (χ3n) is 9.99. The van der Waals surface area contributed by atoms with Crippen molar-refractivity contribution < 1.29 is 42.2 Å². The van der Waals surface area contributed by atoms with Gasteiger partial charge in [-0.05, 0) is 72.4 Å². The van der Waals surface area contributed by atoms with Gasteiger partial charge in [-0.1, -0.05) is 61.2 Å². The summed E-state index contributed by atoms with van der Waals surface area (Å²) in [4.78, 5) is 58.5. The van der Waals surface area contributed by atoms with Crippen LogP contribution in [-0.4, -0.2) is 35.1 Å². The number of rotatable bonds is 6. The molecule has 8 nitrogen and oxygen atoms in total. The van der Waals surface area contributed by atoms with Crippen LogP contribution in [0, 0.1) is 29.6 Å². The Morgan fingerprint density at radius 3 is 1.81 bits per heavy atom. The molecule has 1 saturated carbocycles. The molecule has 6 unspecified atom stereocenters. The fourth-order valence-corrected chi connectivity index (χ4v) is 7.94. The molecule has 2 heterocycles. The maximum atomic E-state index is 14.3. The van der Waals surface area contributed by atoms with Crippen molar-refractivity contribution in [1.82, 2.24) is 0 Å². The van der Waals surface area contributed by atoms with Crippen molar-refractivity contribution in [2.75, 3.05) is 9.80 Å². The van der Waals surface area contributed by atoms with Crippen molar-refractivity contribution in [3.8, 4) is 11.5 Å². The summed E-state index contributed by atoms with van der Waals surface area (Å²) in [7, 11) is 0. The number of halogens is 3. The number of benzene rings is 3. The first-order valence-electron chi connectivity index (χ1n) is 15.4. The molecule has 3 fully saturated rings. The summed E-state index contributed by atoms with van der Waals surface area (Å²) in [5.74, 6) is -8.49. The fraction of sp³-hybridized carbons (Fsp3) is 0.243. The van der Waals surface area contributed by atoms with Crippen LogP contribution in [0.5, 0.6) is 11.5 Å². The number of hydrogen-bond acceptors (Lipinski definition) is 6. The molecule has 0 bridgehead atoms. The number of aromatic hydroxyl groups is 1. The first-order valence-corrected chi connectivity index (χ1v) is 15.4. The van der Waals surface area contributed by atoms with Gasteiger partial charge in [0.05, 0.1) is 35.0 Å². The van der Waals surface area contributed by atoms with Crippen molar-refractivity contribution in [3.63, 3.8) is 0 Å². The van der Waals surface area contributed by atoms with Crippen molar-refractivity contribution in [2.45, 2.75) is 25.1 Å². The average Bonchev–Trinajstić information content (AvgIpc) is 3.47. The molecule has 4 amide bonds. The molecule has 2 aliphatic heterocycles. The highest BCUT2D eigenvalue weighted by Crippen LogP contribution is 2.59. The average molecular weight is 655 g/mol. The Morgan fingerprint density at radius 1 is 0.729 bits per heavy atom. The van der Waals surface area contributed by atoms with Gasteiger partial charge in [0.1, 0.15) is 11.5 Å². The minimum atomic E-state index is -5.03. The van der Waals surface area contributed by atoms with E-state index in [2.05, 4.69) is 17.9 Å². The van der Waals surface area contributed by atoms with Gasteiger partial charge >= 0.3 is 6.36 Å². The first kappa shape index (κ1) is 31.2. The maximum Gasteiger partial charge on any atom is 0.573 e. The highest BCUT2D eigenvalue weighted by molar-refractivity contribution is 6.24. The lowest BCUT2D eigenvalue weighted by Crippen LogP contribution is -2.43. The molecule has 244 valence electrons. The third-order valence-corrected chi connectivity index (χ3v) is 9.99. The van der Waals surface area contributed by atoms with Crippen LogP contribution in [0.1, 0.15) is 35.4 Å². The molecule has 1 N–H and O–H groups in total. The van der Waals surface area contributed by atoms with Crippen LogP contribution < -0.4 is 14.5 Å². The predicted octanol–water partition coefficient (Wildman–Crippen LogP) is 6.62. The van der Waals surface area contributed by atoms with E-state index in [1.165, 1.54) is 0 Å². The SMILES string of the molecule is C=Cc1ccc(N2C(=O)C3CC=C4C(CC5C(=O)N(c6ccc(C=C)cc6)C(=O)C5C4c4cc(OC(F)(F)F)ccc4O)C3C2=O)cc1. The highest BCUT2D eigenvalue weighted by atomic mass is 19.4. The number of imide groups is 2. The molecule has 3 aromatic carbocycles. The number of nitrogens with zero attached hydrogens (tertiary/aromatic N) is 2. The summed E-state index contributed by atoms with van der Waals surface area (Å²) in [6.07, 6.45) is 0.148. The normalized spacial score (nSPS) is 26.5. The number of amides is 4. The number of phenolic OH excluding ortho intramolecular Hbond substituents is 1. The number of allylic oxidation sites excluding steroid dienone is 2. The molecule has 0 spiro atoms. The molecule has 6 atom stereocenters. The maximum absolute atomic E-state index is 14.3. The summed E-state index contributed by atoms with van der Waals surface area (Å²) in [5, 5.41) is 11.1. The van der Waals surface area contributed by atoms with Gasteiger partial charge in [-0.3, -0.25) is 29.0 Å². The number of carbonyl (C=O) groups is 4. The van der Waals surface area contributed by atoms with Crippen LogP contribution in [0.15, 0.2) is 91.5 Å². The van der Waals surface area contributed by atoms with Crippen LogP contribution in [-0.2, 0) is 19.2 Å². The number of carbonyl (C=O) groups excluding carboxylic acids is 4. The van der Waals surface area contributed by atoms with E-state index in [0.29, 0.717) is 16.9 Å². The summed E-state index contributed by atoms with van der Waals surface area (Å²) in [6.45, 7) is 7.45. The third kappa shape index (κ3) is 4.92. The van der Waals surface area contributed by atoms with Gasteiger partial charge in [0.25, 0.3) is 0 Å². The number of fused-ring (bicyclic) bond motifs is 4. The number of alkyl halides is 3. The first-order chi connectivity index (χ1) is 22.9. The monoisotopic (exact) mass is 654 g/mol. The zero-order valence-corrected chi connectivity index (χ0v) is 25.4. The van der Waals surface area contributed by atoms with E-state index in [0.717, 1.165) is 39.1 Å². The van der Waals surface area contributed by atoms with E-state index >= 15 is 0 Å². The van der Waals surface area contributed by atoms with Crippen LogP contribution in [0.25, 0.3) is 12.2 Å². The van der Waals surface area contributed by atoms with E-state index in [1.807, 2.05) is 0 Å². The standard InChI is InChI=1S/C37H29F3N2O6/c1-3-19-5-9-21(10-6-19)41-33(44)25-15-14-24-26(31(25)35(41)46)18-28-32(30(24)27-17-23(13-16-29(27)43)48-37(38,39)40)36(47)42(34(28)45)22-11-7-20(4-2)8-12-22/h3-14,16-17,25-26,28,30-32,43H,1-2,15,18H2. The van der Waals surface area contributed by atoms with E-state index in [9.17, 15) is 37.5 Å². The molecule has 2 saturated heterocycles. The van der Waals surface area contributed by atoms with Crippen molar-refractivity contribution in [1.29, 1.82) is 0 Å². The molecule has 48 heavy (non-hydrogen) atoms. The van der Waals surface area contributed by atoms with E-state index < -0.39 is 77.0 Å². The van der Waals surface area contributed by atoms with Gasteiger partial charge in [-0.25, -0.2) is 0 Å². The van der Waals surface area contributed by atoms with E-state index in [4.69, 9.17) is 0 Å². The zero-order valence-electron chi connectivity index (χ0n) is 25.4. The van der Waals surface area contributed by atoms with Gasteiger partial charge in [-0.2, -0.15) is 0 Å². The second kappa shape index (κ2) is 11.4. The Hall–Kier alpha value is -5.45. The van der Waals surface area contributed by atoms with Gasteiger partial charge < -0.3 is 9.84 Å². The Kier molecular flexibility index (Phi) is 7.38. The van der Waals surface area contributed by atoms with Crippen LogP contribution in [0.3, 0.4) is 0 Å². The van der Waals surface area contributed by atoms with Crippen molar-refractivity contribution in [2.24, 2.45) is 29.6 Å². The van der Waals surface area contributed by atoms with Crippen molar-refractivity contribution in [3.05, 3.63) is 108 Å². The minimum Gasteiger partial charge on any atom is -0.508 e. The van der Waals surface area contributed by atoms with E-state index in [-0.39, 0.29) is 18.4 Å². The van der Waals surface area contributed by atoms with Crippen LogP contribution >= 0.6 is 0 Å². The number of ether oxygens (including phenoxy) is 1. The number of anilines is 2. The Morgan fingerprint density at radius 2 is 1.27 bits per heavy atom. The van der Waals surface area contributed by atoms with Crippen LogP contribution in [0.4, 0.5) is 24.5 Å².